The average molecular weight is 353 g/mol. The summed E-state index contributed by atoms with van der Waals surface area (Å²) in [5.41, 5.74) is 6.63. The van der Waals surface area contributed by atoms with Crippen LogP contribution in [0.2, 0.25) is 0 Å². The molecule has 5 heteroatoms. The Bertz CT molecular complexity index is 890. The highest BCUT2D eigenvalue weighted by molar-refractivity contribution is 7.13. The number of thiazole rings is 1. The first-order chi connectivity index (χ1) is 12.0. The molecule has 0 aliphatic rings. The van der Waals surface area contributed by atoms with Crippen molar-refractivity contribution in [1.82, 2.24) is 9.55 Å². The smallest absolute Gasteiger partial charge is 0.224 e. The van der Waals surface area contributed by atoms with Gasteiger partial charge in [-0.3, -0.25) is 4.79 Å². The molecular formula is C20H23N3OS. The predicted molar refractivity (Wildman–Crippen MR) is 105 cm³/mol. The van der Waals surface area contributed by atoms with Gasteiger partial charge in [0.1, 0.15) is 5.01 Å². The Morgan fingerprint density at radius 3 is 2.52 bits per heavy atom. The molecule has 0 spiro atoms. The topological polar surface area (TPSA) is 46.9 Å². The van der Waals surface area contributed by atoms with Gasteiger partial charge in [0.15, 0.2) is 0 Å². The molecule has 0 unspecified atom stereocenters. The summed E-state index contributed by atoms with van der Waals surface area (Å²) in [4.78, 5) is 16.3. The molecule has 0 saturated carbocycles. The van der Waals surface area contributed by atoms with E-state index in [1.807, 2.05) is 31.2 Å². The average Bonchev–Trinajstić information content (AvgIpc) is 3.20. The van der Waals surface area contributed by atoms with E-state index in [2.05, 4.69) is 42.1 Å². The fraction of sp³-hybridized carbons (Fsp3) is 0.300. The summed E-state index contributed by atoms with van der Waals surface area (Å²) in [6.45, 7) is 9.26. The van der Waals surface area contributed by atoms with Crippen molar-refractivity contribution in [3.63, 3.8) is 0 Å². The predicted octanol–water partition coefficient (Wildman–Crippen LogP) is 5.26. The van der Waals surface area contributed by atoms with Crippen LogP contribution in [0.3, 0.4) is 0 Å². The quantitative estimate of drug-likeness (QED) is 0.680. The second-order valence-corrected chi connectivity index (χ2v) is 6.90. The summed E-state index contributed by atoms with van der Waals surface area (Å²) in [5.74, 6) is 0.0237. The van der Waals surface area contributed by atoms with Crippen molar-refractivity contribution in [3.8, 4) is 21.8 Å². The molecule has 3 aromatic rings. The van der Waals surface area contributed by atoms with Gasteiger partial charge < -0.3 is 9.88 Å². The van der Waals surface area contributed by atoms with Crippen molar-refractivity contribution < 1.29 is 4.79 Å². The number of carbonyl (C=O) groups excluding carboxylic acids is 1. The lowest BCUT2D eigenvalue weighted by Gasteiger charge is -2.05. The van der Waals surface area contributed by atoms with Gasteiger partial charge in [-0.1, -0.05) is 6.92 Å². The van der Waals surface area contributed by atoms with Crippen LogP contribution in [-0.4, -0.2) is 15.5 Å². The van der Waals surface area contributed by atoms with Gasteiger partial charge in [-0.2, -0.15) is 0 Å². The highest BCUT2D eigenvalue weighted by Crippen LogP contribution is 2.32. The highest BCUT2D eigenvalue weighted by Gasteiger charge is 2.13. The molecule has 0 bridgehead atoms. The number of hydrogen-bond donors (Lipinski definition) is 1. The van der Waals surface area contributed by atoms with E-state index in [-0.39, 0.29) is 5.91 Å². The minimum atomic E-state index is 0.0237. The van der Waals surface area contributed by atoms with Gasteiger partial charge in [0.2, 0.25) is 5.91 Å². The molecule has 2 heterocycles. The van der Waals surface area contributed by atoms with Gasteiger partial charge in [0.05, 0.1) is 5.69 Å². The highest BCUT2D eigenvalue weighted by atomic mass is 32.1. The molecule has 0 fully saturated rings. The number of aromatic nitrogens is 2. The summed E-state index contributed by atoms with van der Waals surface area (Å²) < 4.78 is 2.31. The number of anilines is 1. The second kappa shape index (κ2) is 7.23. The zero-order chi connectivity index (χ0) is 18.0. The van der Waals surface area contributed by atoms with Crippen molar-refractivity contribution in [1.29, 1.82) is 0 Å². The Morgan fingerprint density at radius 2 is 1.92 bits per heavy atom. The monoisotopic (exact) mass is 353 g/mol. The number of amides is 1. The standard InChI is InChI=1S/C20H23N3OS/c1-5-19(24)21-16-9-7-15(8-10-16)20-22-18(12-25-20)17-11-13(3)23(6-2)14(17)4/h7-12H,5-6H2,1-4H3,(H,21,24). The first-order valence-electron chi connectivity index (χ1n) is 8.56. The van der Waals surface area contributed by atoms with E-state index >= 15 is 0 Å². The zero-order valence-electron chi connectivity index (χ0n) is 15.1. The minimum Gasteiger partial charge on any atom is -0.349 e. The third-order valence-electron chi connectivity index (χ3n) is 4.41. The summed E-state index contributed by atoms with van der Waals surface area (Å²) in [6, 6.07) is 10.1. The largest absolute Gasteiger partial charge is 0.349 e. The van der Waals surface area contributed by atoms with E-state index in [1.165, 1.54) is 17.0 Å². The summed E-state index contributed by atoms with van der Waals surface area (Å²) in [6.07, 6.45) is 0.480. The van der Waals surface area contributed by atoms with Crippen LogP contribution in [0.15, 0.2) is 35.7 Å². The van der Waals surface area contributed by atoms with Crippen LogP contribution in [0.4, 0.5) is 5.69 Å². The lowest BCUT2D eigenvalue weighted by molar-refractivity contribution is -0.115. The first-order valence-corrected chi connectivity index (χ1v) is 9.44. The van der Waals surface area contributed by atoms with E-state index in [1.54, 1.807) is 11.3 Å². The van der Waals surface area contributed by atoms with Crippen molar-refractivity contribution >= 4 is 22.9 Å². The number of rotatable bonds is 5. The molecule has 0 atom stereocenters. The van der Waals surface area contributed by atoms with E-state index in [4.69, 9.17) is 4.98 Å². The molecular weight excluding hydrogens is 330 g/mol. The molecule has 4 nitrogen and oxygen atoms in total. The van der Waals surface area contributed by atoms with E-state index in [9.17, 15) is 4.79 Å². The fourth-order valence-electron chi connectivity index (χ4n) is 3.02. The van der Waals surface area contributed by atoms with Crippen LogP contribution in [0.25, 0.3) is 21.8 Å². The van der Waals surface area contributed by atoms with Gasteiger partial charge >= 0.3 is 0 Å². The molecule has 0 aliphatic heterocycles. The van der Waals surface area contributed by atoms with Gasteiger partial charge in [-0.05, 0) is 51.1 Å². The van der Waals surface area contributed by atoms with Crippen LogP contribution in [0, 0.1) is 13.8 Å². The van der Waals surface area contributed by atoms with E-state index in [0.717, 1.165) is 28.5 Å². The molecule has 3 rings (SSSR count). The zero-order valence-corrected chi connectivity index (χ0v) is 15.9. The number of nitrogens with one attached hydrogen (secondary N) is 1. The van der Waals surface area contributed by atoms with Gasteiger partial charge in [-0.25, -0.2) is 4.98 Å². The Kier molecular flexibility index (Phi) is 5.04. The minimum absolute atomic E-state index is 0.0237. The van der Waals surface area contributed by atoms with Gasteiger partial charge in [0, 0.05) is 46.5 Å². The van der Waals surface area contributed by atoms with E-state index < -0.39 is 0 Å². The first kappa shape index (κ1) is 17.4. The molecule has 0 saturated heterocycles. The summed E-state index contributed by atoms with van der Waals surface area (Å²) >= 11 is 1.65. The number of aryl methyl sites for hydroxylation is 1. The molecule has 2 aromatic heterocycles. The normalized spacial score (nSPS) is 10.9. The maximum Gasteiger partial charge on any atom is 0.224 e. The lowest BCUT2D eigenvalue weighted by Crippen LogP contribution is -2.08. The van der Waals surface area contributed by atoms with E-state index in [0.29, 0.717) is 6.42 Å². The molecule has 1 amide bonds. The molecule has 25 heavy (non-hydrogen) atoms. The number of carbonyl (C=O) groups is 1. The SMILES string of the molecule is CCC(=O)Nc1ccc(-c2nc(-c3cc(C)n(CC)c3C)cs2)cc1. The van der Waals surface area contributed by atoms with Crippen LogP contribution >= 0.6 is 11.3 Å². The summed E-state index contributed by atoms with van der Waals surface area (Å²) in [5, 5.41) is 5.97. The maximum atomic E-state index is 11.5. The Hall–Kier alpha value is -2.40. The fourth-order valence-corrected chi connectivity index (χ4v) is 3.85. The molecule has 0 aliphatic carbocycles. The lowest BCUT2D eigenvalue weighted by atomic mass is 10.2. The number of hydrogen-bond acceptors (Lipinski definition) is 3. The summed E-state index contributed by atoms with van der Waals surface area (Å²) in [7, 11) is 0. The van der Waals surface area contributed by atoms with Gasteiger partial charge in [0.25, 0.3) is 0 Å². The maximum absolute atomic E-state index is 11.5. The Balaban J connectivity index is 1.85. The van der Waals surface area contributed by atoms with Crippen LogP contribution in [0.5, 0.6) is 0 Å². The second-order valence-electron chi connectivity index (χ2n) is 6.05. The molecule has 1 aromatic carbocycles. The van der Waals surface area contributed by atoms with Gasteiger partial charge in [-0.15, -0.1) is 11.3 Å². The van der Waals surface area contributed by atoms with Crippen molar-refractivity contribution in [2.45, 2.75) is 40.7 Å². The van der Waals surface area contributed by atoms with Crippen molar-refractivity contribution in [2.75, 3.05) is 5.32 Å². The molecule has 0 radical (unpaired) electrons. The Labute approximate surface area is 152 Å². The molecule has 1 N–H and O–H groups in total. The third-order valence-corrected chi connectivity index (χ3v) is 5.30. The number of benzene rings is 1. The van der Waals surface area contributed by atoms with Crippen LogP contribution in [0.1, 0.15) is 31.7 Å². The number of nitrogens with zero attached hydrogens (tertiary/aromatic N) is 2. The Morgan fingerprint density at radius 1 is 1.20 bits per heavy atom. The third kappa shape index (κ3) is 3.51. The molecule has 130 valence electrons. The van der Waals surface area contributed by atoms with Crippen molar-refractivity contribution in [2.24, 2.45) is 0 Å². The van der Waals surface area contributed by atoms with Crippen LogP contribution in [-0.2, 0) is 11.3 Å². The van der Waals surface area contributed by atoms with Crippen LogP contribution < -0.4 is 5.32 Å². The van der Waals surface area contributed by atoms with Crippen molar-refractivity contribution in [3.05, 3.63) is 47.1 Å².